The first-order chi connectivity index (χ1) is 9.51. The molecule has 1 aromatic rings. The lowest BCUT2D eigenvalue weighted by Gasteiger charge is -2.33. The predicted octanol–water partition coefficient (Wildman–Crippen LogP) is 2.16. The average molecular weight is 298 g/mol. The molecule has 2 rings (SSSR count). The molecule has 0 saturated carbocycles. The Bertz CT molecular complexity index is 494. The SMILES string of the molecule is CC(C)CC1CCCN(Cn2nc(CO)n(C)c2=S)C1. The van der Waals surface area contributed by atoms with E-state index >= 15 is 0 Å². The van der Waals surface area contributed by atoms with Gasteiger partial charge in [-0.3, -0.25) is 4.90 Å². The molecule has 1 aliphatic heterocycles. The normalized spacial score (nSPS) is 20.8. The molecule has 0 bridgehead atoms. The van der Waals surface area contributed by atoms with Crippen LogP contribution in [0.4, 0.5) is 0 Å². The van der Waals surface area contributed by atoms with Crippen molar-refractivity contribution in [1.82, 2.24) is 19.2 Å². The first-order valence-corrected chi connectivity index (χ1v) is 7.88. The lowest BCUT2D eigenvalue weighted by Crippen LogP contribution is -2.37. The van der Waals surface area contributed by atoms with E-state index in [-0.39, 0.29) is 6.61 Å². The van der Waals surface area contributed by atoms with Crippen molar-refractivity contribution >= 4 is 12.2 Å². The summed E-state index contributed by atoms with van der Waals surface area (Å²) in [4.78, 5) is 2.43. The number of aromatic nitrogens is 3. The fourth-order valence-electron chi connectivity index (χ4n) is 3.09. The molecule has 0 aliphatic carbocycles. The van der Waals surface area contributed by atoms with E-state index in [1.165, 1.54) is 19.3 Å². The van der Waals surface area contributed by atoms with Gasteiger partial charge in [-0.15, -0.1) is 0 Å². The Hall–Kier alpha value is -0.720. The Morgan fingerprint density at radius 1 is 1.45 bits per heavy atom. The summed E-state index contributed by atoms with van der Waals surface area (Å²) in [6.45, 7) is 7.50. The molecule has 114 valence electrons. The van der Waals surface area contributed by atoms with Crippen LogP contribution in [0.25, 0.3) is 0 Å². The van der Waals surface area contributed by atoms with E-state index in [2.05, 4.69) is 23.8 Å². The first kappa shape index (κ1) is 15.7. The highest BCUT2D eigenvalue weighted by molar-refractivity contribution is 7.71. The van der Waals surface area contributed by atoms with E-state index in [1.807, 2.05) is 11.7 Å². The van der Waals surface area contributed by atoms with Crippen LogP contribution in [0.3, 0.4) is 0 Å². The summed E-state index contributed by atoms with van der Waals surface area (Å²) in [5, 5.41) is 13.6. The molecule has 1 atom stereocenters. The van der Waals surface area contributed by atoms with E-state index in [9.17, 15) is 5.11 Å². The van der Waals surface area contributed by atoms with Gasteiger partial charge in [-0.1, -0.05) is 13.8 Å². The Morgan fingerprint density at radius 2 is 2.20 bits per heavy atom. The summed E-state index contributed by atoms with van der Waals surface area (Å²) in [6.07, 6.45) is 3.89. The van der Waals surface area contributed by atoms with Gasteiger partial charge in [0.05, 0.1) is 6.67 Å². The minimum absolute atomic E-state index is 0.0664. The summed E-state index contributed by atoms with van der Waals surface area (Å²) in [7, 11) is 1.86. The third kappa shape index (κ3) is 3.68. The number of aliphatic hydroxyl groups is 1. The van der Waals surface area contributed by atoms with Crippen LogP contribution in [-0.2, 0) is 20.3 Å². The number of nitrogens with zero attached hydrogens (tertiary/aromatic N) is 4. The van der Waals surface area contributed by atoms with Gasteiger partial charge in [-0.25, -0.2) is 4.68 Å². The van der Waals surface area contributed by atoms with Crippen molar-refractivity contribution in [2.45, 2.75) is 46.4 Å². The zero-order valence-electron chi connectivity index (χ0n) is 12.7. The van der Waals surface area contributed by atoms with E-state index in [0.29, 0.717) is 10.6 Å². The molecule has 1 aliphatic rings. The molecule has 1 saturated heterocycles. The van der Waals surface area contributed by atoms with Crippen LogP contribution < -0.4 is 0 Å². The minimum atomic E-state index is -0.0664. The summed E-state index contributed by atoms with van der Waals surface area (Å²) >= 11 is 5.37. The molecule has 0 radical (unpaired) electrons. The fourth-order valence-corrected chi connectivity index (χ4v) is 3.29. The molecule has 1 N–H and O–H groups in total. The second-order valence-electron chi connectivity index (χ2n) is 6.27. The Kier molecular flexibility index (Phi) is 5.35. The largest absolute Gasteiger partial charge is 0.388 e. The van der Waals surface area contributed by atoms with Crippen LogP contribution in [0, 0.1) is 16.6 Å². The maximum Gasteiger partial charge on any atom is 0.198 e. The van der Waals surface area contributed by atoms with Gasteiger partial charge in [0.15, 0.2) is 10.6 Å². The van der Waals surface area contributed by atoms with Gasteiger partial charge in [0.2, 0.25) is 0 Å². The minimum Gasteiger partial charge on any atom is -0.388 e. The standard InChI is InChI=1S/C14H26N4OS/c1-11(2)7-12-5-4-6-17(8-12)10-18-14(20)16(3)13(9-19)15-18/h11-12,19H,4-10H2,1-3H3. The number of rotatable bonds is 5. The van der Waals surface area contributed by atoms with Gasteiger partial charge >= 0.3 is 0 Å². The summed E-state index contributed by atoms with van der Waals surface area (Å²) in [5.74, 6) is 2.18. The van der Waals surface area contributed by atoms with E-state index < -0.39 is 0 Å². The molecular weight excluding hydrogens is 272 g/mol. The Labute approximate surface area is 126 Å². The lowest BCUT2D eigenvalue weighted by molar-refractivity contribution is 0.120. The van der Waals surface area contributed by atoms with Crippen molar-refractivity contribution in [3.63, 3.8) is 0 Å². The highest BCUT2D eigenvalue weighted by Gasteiger charge is 2.21. The Balaban J connectivity index is 2.01. The summed E-state index contributed by atoms with van der Waals surface area (Å²) < 4.78 is 4.30. The molecule has 0 spiro atoms. The topological polar surface area (TPSA) is 46.2 Å². The van der Waals surface area contributed by atoms with Crippen LogP contribution in [-0.4, -0.2) is 37.4 Å². The molecule has 6 heteroatoms. The van der Waals surface area contributed by atoms with Crippen molar-refractivity contribution in [2.75, 3.05) is 13.1 Å². The van der Waals surface area contributed by atoms with Gasteiger partial charge in [0, 0.05) is 13.6 Å². The third-order valence-corrected chi connectivity index (χ3v) is 4.50. The molecule has 5 nitrogen and oxygen atoms in total. The average Bonchev–Trinajstić information content (AvgIpc) is 2.66. The molecule has 2 heterocycles. The first-order valence-electron chi connectivity index (χ1n) is 7.47. The number of hydrogen-bond donors (Lipinski definition) is 1. The zero-order chi connectivity index (χ0) is 14.7. The van der Waals surface area contributed by atoms with Crippen molar-refractivity contribution < 1.29 is 5.11 Å². The van der Waals surface area contributed by atoms with E-state index in [4.69, 9.17) is 12.2 Å². The smallest absolute Gasteiger partial charge is 0.198 e. The molecule has 1 fully saturated rings. The quantitative estimate of drug-likeness (QED) is 0.846. The second-order valence-corrected chi connectivity index (χ2v) is 6.64. The van der Waals surface area contributed by atoms with Gasteiger partial charge in [0.25, 0.3) is 0 Å². The van der Waals surface area contributed by atoms with Gasteiger partial charge in [-0.05, 0) is 49.9 Å². The molecular formula is C14H26N4OS. The molecule has 0 aromatic carbocycles. The van der Waals surface area contributed by atoms with Gasteiger partial charge in [-0.2, -0.15) is 5.10 Å². The molecule has 1 unspecified atom stereocenters. The molecule has 20 heavy (non-hydrogen) atoms. The third-order valence-electron chi connectivity index (χ3n) is 4.01. The number of aliphatic hydroxyl groups excluding tert-OH is 1. The van der Waals surface area contributed by atoms with Crippen LogP contribution in [0.1, 0.15) is 38.9 Å². The van der Waals surface area contributed by atoms with Gasteiger partial charge < -0.3 is 9.67 Å². The highest BCUT2D eigenvalue weighted by atomic mass is 32.1. The van der Waals surface area contributed by atoms with Crippen LogP contribution >= 0.6 is 12.2 Å². The number of likely N-dealkylation sites (tertiary alicyclic amines) is 1. The fraction of sp³-hybridized carbons (Fsp3) is 0.857. The molecule has 0 amide bonds. The highest BCUT2D eigenvalue weighted by Crippen LogP contribution is 2.23. The second kappa shape index (κ2) is 6.83. The van der Waals surface area contributed by atoms with Crippen LogP contribution in [0.15, 0.2) is 0 Å². The van der Waals surface area contributed by atoms with E-state index in [1.54, 1.807) is 4.57 Å². The zero-order valence-corrected chi connectivity index (χ0v) is 13.6. The predicted molar refractivity (Wildman–Crippen MR) is 81.7 cm³/mol. The lowest BCUT2D eigenvalue weighted by atomic mass is 9.90. The van der Waals surface area contributed by atoms with Gasteiger partial charge in [0.1, 0.15) is 6.61 Å². The van der Waals surface area contributed by atoms with Crippen LogP contribution in [0.5, 0.6) is 0 Å². The number of piperidine rings is 1. The molecule has 1 aromatic heterocycles. The van der Waals surface area contributed by atoms with Crippen LogP contribution in [0.2, 0.25) is 0 Å². The van der Waals surface area contributed by atoms with Crippen molar-refractivity contribution in [2.24, 2.45) is 18.9 Å². The number of hydrogen-bond acceptors (Lipinski definition) is 4. The summed E-state index contributed by atoms with van der Waals surface area (Å²) in [6, 6.07) is 0. The van der Waals surface area contributed by atoms with E-state index in [0.717, 1.165) is 31.6 Å². The maximum atomic E-state index is 9.25. The monoisotopic (exact) mass is 298 g/mol. The van der Waals surface area contributed by atoms with Crippen molar-refractivity contribution in [3.8, 4) is 0 Å². The van der Waals surface area contributed by atoms with Crippen molar-refractivity contribution in [1.29, 1.82) is 0 Å². The Morgan fingerprint density at radius 3 is 2.80 bits per heavy atom. The maximum absolute atomic E-state index is 9.25. The summed E-state index contributed by atoms with van der Waals surface area (Å²) in [5.41, 5.74) is 0. The van der Waals surface area contributed by atoms with Crippen molar-refractivity contribution in [3.05, 3.63) is 10.6 Å².